The van der Waals surface area contributed by atoms with Crippen molar-refractivity contribution in [1.82, 2.24) is 4.72 Å². The van der Waals surface area contributed by atoms with E-state index in [1.165, 1.54) is 0 Å². The number of benzene rings is 1. The monoisotopic (exact) mass is 274 g/mol. The molecule has 3 N–H and O–H groups in total. The van der Waals surface area contributed by atoms with Crippen LogP contribution in [0.15, 0.2) is 24.3 Å². The molecule has 7 heteroatoms. The number of halogens is 2. The van der Waals surface area contributed by atoms with Crippen LogP contribution in [0.5, 0.6) is 0 Å². The van der Waals surface area contributed by atoms with Crippen LogP contribution in [-0.2, 0) is 16.6 Å². The Kier molecular flexibility index (Phi) is 5.22. The van der Waals surface area contributed by atoms with Gasteiger partial charge in [0.05, 0.1) is 6.54 Å². The molecule has 0 atom stereocenters. The third-order valence-corrected chi connectivity index (χ3v) is 2.99. The van der Waals surface area contributed by atoms with E-state index in [1.807, 2.05) is 4.72 Å². The highest BCUT2D eigenvalue weighted by Gasteiger charge is 2.22. The first-order valence-corrected chi connectivity index (χ1v) is 6.55. The Bertz CT molecular complexity index is 562. The van der Waals surface area contributed by atoms with Crippen LogP contribution in [0, 0.1) is 11.8 Å². The zero-order chi connectivity index (χ0) is 13.6. The normalized spacial score (nSPS) is 11.1. The lowest BCUT2D eigenvalue weighted by molar-refractivity contribution is 0.232. The van der Waals surface area contributed by atoms with E-state index in [4.69, 9.17) is 5.73 Å². The largest absolute Gasteiger partial charge is 0.350 e. The lowest BCUT2D eigenvalue weighted by atomic mass is 10.1. The molecule has 0 heterocycles. The molecule has 0 radical (unpaired) electrons. The number of hydrogen-bond donors (Lipinski definition) is 2. The van der Waals surface area contributed by atoms with E-state index in [9.17, 15) is 17.2 Å². The molecular formula is C11H12F2N2O2S. The zero-order valence-corrected chi connectivity index (χ0v) is 10.2. The number of hydrogen-bond acceptors (Lipinski definition) is 3. The number of nitrogens with one attached hydrogen (secondary N) is 1. The fraction of sp³-hybridized carbons (Fsp3) is 0.273. The van der Waals surface area contributed by atoms with E-state index in [2.05, 4.69) is 11.8 Å². The lowest BCUT2D eigenvalue weighted by Crippen LogP contribution is -2.28. The number of alkyl halides is 2. The van der Waals surface area contributed by atoms with Crippen molar-refractivity contribution in [3.8, 4) is 11.8 Å². The van der Waals surface area contributed by atoms with Crippen LogP contribution >= 0.6 is 0 Å². The van der Waals surface area contributed by atoms with Crippen molar-refractivity contribution in [2.45, 2.75) is 12.3 Å². The van der Waals surface area contributed by atoms with E-state index < -0.39 is 15.8 Å². The van der Waals surface area contributed by atoms with Crippen LogP contribution in [-0.4, -0.2) is 20.7 Å². The maximum atomic E-state index is 12.1. The van der Waals surface area contributed by atoms with Crippen molar-refractivity contribution in [2.24, 2.45) is 5.73 Å². The second-order valence-electron chi connectivity index (χ2n) is 3.33. The molecule has 0 bridgehead atoms. The van der Waals surface area contributed by atoms with Crippen LogP contribution < -0.4 is 10.5 Å². The standard InChI is InChI=1S/C11H12F2N2O2S/c12-11(13)18(16,17)15-8-10-4-1-3-9(7-10)5-2-6-14/h1,3-4,7,11,15H,6,8,14H2. The highest BCUT2D eigenvalue weighted by molar-refractivity contribution is 7.89. The first-order chi connectivity index (χ1) is 8.45. The summed E-state index contributed by atoms with van der Waals surface area (Å²) in [6.45, 7) is 0.00700. The van der Waals surface area contributed by atoms with Crippen molar-refractivity contribution in [1.29, 1.82) is 0 Å². The molecule has 0 aliphatic heterocycles. The summed E-state index contributed by atoms with van der Waals surface area (Å²) in [6, 6.07) is 6.60. The Morgan fingerprint density at radius 1 is 1.39 bits per heavy atom. The van der Waals surface area contributed by atoms with Gasteiger partial charge in [-0.05, 0) is 17.7 Å². The second kappa shape index (κ2) is 6.44. The van der Waals surface area contributed by atoms with Crippen molar-refractivity contribution in [3.05, 3.63) is 35.4 Å². The zero-order valence-electron chi connectivity index (χ0n) is 9.36. The van der Waals surface area contributed by atoms with Gasteiger partial charge < -0.3 is 5.73 Å². The highest BCUT2D eigenvalue weighted by Crippen LogP contribution is 2.07. The Morgan fingerprint density at radius 2 is 2.11 bits per heavy atom. The molecule has 0 amide bonds. The molecule has 0 aliphatic carbocycles. The number of sulfonamides is 1. The molecule has 0 unspecified atom stereocenters. The average Bonchev–Trinajstić information content (AvgIpc) is 2.34. The average molecular weight is 274 g/mol. The molecule has 4 nitrogen and oxygen atoms in total. The first-order valence-electron chi connectivity index (χ1n) is 5.00. The molecule has 98 valence electrons. The van der Waals surface area contributed by atoms with Crippen molar-refractivity contribution in [3.63, 3.8) is 0 Å². The summed E-state index contributed by atoms with van der Waals surface area (Å²) in [6.07, 6.45) is 0. The maximum Gasteiger partial charge on any atom is 0.350 e. The summed E-state index contributed by atoms with van der Waals surface area (Å²) in [7, 11) is -4.57. The quantitative estimate of drug-likeness (QED) is 0.791. The predicted octanol–water partition coefficient (Wildman–Crippen LogP) is 0.639. The highest BCUT2D eigenvalue weighted by atomic mass is 32.2. The van der Waals surface area contributed by atoms with Gasteiger partial charge in [-0.3, -0.25) is 0 Å². The minimum absolute atomic E-state index is 0.204. The van der Waals surface area contributed by atoms with Gasteiger partial charge in [-0.25, -0.2) is 13.1 Å². The van der Waals surface area contributed by atoms with Crippen LogP contribution in [0.1, 0.15) is 11.1 Å². The molecule has 0 spiro atoms. The smallest absolute Gasteiger partial charge is 0.320 e. The second-order valence-corrected chi connectivity index (χ2v) is 5.07. The minimum Gasteiger partial charge on any atom is -0.320 e. The maximum absolute atomic E-state index is 12.1. The minimum atomic E-state index is -4.57. The molecule has 0 aromatic heterocycles. The van der Waals surface area contributed by atoms with Gasteiger partial charge in [0.15, 0.2) is 0 Å². The van der Waals surface area contributed by atoms with Gasteiger partial charge in [-0.15, -0.1) is 0 Å². The molecule has 1 aromatic carbocycles. The van der Waals surface area contributed by atoms with Crippen LogP contribution in [0.2, 0.25) is 0 Å². The topological polar surface area (TPSA) is 72.2 Å². The molecule has 0 saturated carbocycles. The Labute approximate surface area is 104 Å². The molecule has 18 heavy (non-hydrogen) atoms. The number of rotatable bonds is 4. The summed E-state index contributed by atoms with van der Waals surface area (Å²) in [5.74, 6) is 1.97. The molecule has 1 rings (SSSR count). The lowest BCUT2D eigenvalue weighted by Gasteiger charge is -2.05. The van der Waals surface area contributed by atoms with Gasteiger partial charge in [-0.1, -0.05) is 24.0 Å². The van der Waals surface area contributed by atoms with E-state index in [0.717, 1.165) is 0 Å². The van der Waals surface area contributed by atoms with E-state index >= 15 is 0 Å². The van der Waals surface area contributed by atoms with E-state index in [0.29, 0.717) is 11.1 Å². The van der Waals surface area contributed by atoms with Crippen LogP contribution in [0.4, 0.5) is 8.78 Å². The Morgan fingerprint density at radius 3 is 2.72 bits per heavy atom. The third-order valence-electron chi connectivity index (χ3n) is 1.97. The number of nitrogens with two attached hydrogens (primary N) is 1. The fourth-order valence-electron chi connectivity index (χ4n) is 1.16. The van der Waals surface area contributed by atoms with Gasteiger partial charge in [0.2, 0.25) is 0 Å². The van der Waals surface area contributed by atoms with E-state index in [1.54, 1.807) is 24.3 Å². The van der Waals surface area contributed by atoms with Gasteiger partial charge in [0, 0.05) is 12.1 Å². The molecule has 1 aromatic rings. The Balaban J connectivity index is 2.75. The van der Waals surface area contributed by atoms with Crippen molar-refractivity contribution in [2.75, 3.05) is 6.54 Å². The van der Waals surface area contributed by atoms with Crippen molar-refractivity contribution >= 4 is 10.0 Å². The van der Waals surface area contributed by atoms with Crippen LogP contribution in [0.25, 0.3) is 0 Å². The van der Waals surface area contributed by atoms with Gasteiger partial charge in [0.1, 0.15) is 0 Å². The summed E-state index contributed by atoms with van der Waals surface area (Å²) in [5, 5.41) is 0. The van der Waals surface area contributed by atoms with Gasteiger partial charge in [0.25, 0.3) is 10.0 Å². The molecule has 0 aliphatic rings. The van der Waals surface area contributed by atoms with Crippen LogP contribution in [0.3, 0.4) is 0 Å². The molecule has 0 fully saturated rings. The summed E-state index contributed by atoms with van der Waals surface area (Å²) in [5.41, 5.74) is 6.41. The molecular weight excluding hydrogens is 262 g/mol. The van der Waals surface area contributed by atoms with E-state index in [-0.39, 0.29) is 13.1 Å². The fourth-order valence-corrected chi connectivity index (χ4v) is 1.65. The van der Waals surface area contributed by atoms with Gasteiger partial charge in [-0.2, -0.15) is 8.78 Å². The predicted molar refractivity (Wildman–Crippen MR) is 64.1 cm³/mol. The first kappa shape index (κ1) is 14.6. The summed E-state index contributed by atoms with van der Waals surface area (Å²) >= 11 is 0. The SMILES string of the molecule is NCC#Cc1cccc(CNS(=O)(=O)C(F)F)c1. The molecule has 0 saturated heterocycles. The van der Waals surface area contributed by atoms with Gasteiger partial charge >= 0.3 is 5.76 Å². The Hall–Kier alpha value is -1.49. The third kappa shape index (κ3) is 4.41. The summed E-state index contributed by atoms with van der Waals surface area (Å²) in [4.78, 5) is 0. The summed E-state index contributed by atoms with van der Waals surface area (Å²) < 4.78 is 47.7. The van der Waals surface area contributed by atoms with Crippen molar-refractivity contribution < 1.29 is 17.2 Å².